The highest BCUT2D eigenvalue weighted by Gasteiger charge is 2.23. The molecule has 1 aliphatic carbocycles. The van der Waals surface area contributed by atoms with Crippen LogP contribution in [0, 0.1) is 10.8 Å². The van der Waals surface area contributed by atoms with Crippen molar-refractivity contribution >= 4 is 28.3 Å². The molecule has 0 aliphatic heterocycles. The highest BCUT2D eigenvalue weighted by molar-refractivity contribution is 6.68. The predicted octanol–water partition coefficient (Wildman–Crippen LogP) is 6.39. The Kier molecular flexibility index (Phi) is 7.51. The maximum atomic E-state index is 8.63. The number of benzene rings is 1. The Balaban J connectivity index is 0.000000384. The zero-order valence-electron chi connectivity index (χ0n) is 21.0. The molecular weight excluding hydrogens is 482 g/mol. The van der Waals surface area contributed by atoms with Gasteiger partial charge in [-0.05, 0) is 72.8 Å². The number of para-hydroxylation sites is 1. The van der Waals surface area contributed by atoms with Gasteiger partial charge in [-0.1, -0.05) is 42.5 Å². The molecule has 188 valence electrons. The summed E-state index contributed by atoms with van der Waals surface area (Å²) in [6.07, 6.45) is 7.11. The van der Waals surface area contributed by atoms with Gasteiger partial charge >= 0.3 is 0 Å². The number of nitrogens with two attached hydrogens (primary N) is 1. The van der Waals surface area contributed by atoms with Crippen molar-refractivity contribution in [1.82, 2.24) is 19.9 Å². The molecule has 1 aromatic carbocycles. The van der Waals surface area contributed by atoms with E-state index in [1.165, 1.54) is 0 Å². The van der Waals surface area contributed by atoms with Crippen LogP contribution in [0.15, 0.2) is 128 Å². The molecule has 0 bridgehead atoms. The molecule has 0 spiro atoms. The maximum absolute atomic E-state index is 8.63. The fourth-order valence-corrected chi connectivity index (χ4v) is 3.97. The third-order valence-corrected chi connectivity index (χ3v) is 5.91. The number of anilines is 1. The zero-order chi connectivity index (χ0) is 27.0. The first-order valence-electron chi connectivity index (χ1n) is 12.3. The fourth-order valence-electron chi connectivity index (χ4n) is 3.97. The van der Waals surface area contributed by atoms with E-state index in [1.54, 1.807) is 12.4 Å². The number of nitrogens with zero attached hydrogens (tertiary/aromatic N) is 4. The number of pyridine rings is 4. The van der Waals surface area contributed by atoms with E-state index in [2.05, 4.69) is 19.9 Å². The normalized spacial score (nSPS) is 12.6. The topological polar surface area (TPSA) is 125 Å². The molecule has 39 heavy (non-hydrogen) atoms. The molecular formula is C32H25N7. The van der Waals surface area contributed by atoms with Gasteiger partial charge in [0.1, 0.15) is 0 Å². The van der Waals surface area contributed by atoms with Crippen molar-refractivity contribution in [2.45, 2.75) is 0 Å². The number of hydrogen-bond donors (Lipinski definition) is 3. The van der Waals surface area contributed by atoms with E-state index in [4.69, 9.17) is 16.6 Å². The molecule has 5 aromatic rings. The summed E-state index contributed by atoms with van der Waals surface area (Å²) in [7, 11) is 0. The quantitative estimate of drug-likeness (QED) is 0.192. The molecule has 6 rings (SSSR count). The minimum atomic E-state index is 0.109. The number of rotatable bonds is 4. The maximum Gasteiger partial charge on any atom is 0.0893 e. The first-order valence-corrected chi connectivity index (χ1v) is 12.3. The average Bonchev–Trinajstić information content (AvgIpc) is 3.00. The molecule has 0 saturated carbocycles. The van der Waals surface area contributed by atoms with Crippen LogP contribution in [0.3, 0.4) is 0 Å². The molecule has 0 unspecified atom stereocenters. The lowest BCUT2D eigenvalue weighted by Gasteiger charge is -2.17. The fraction of sp³-hybridized carbons (Fsp3) is 0. The Morgan fingerprint density at radius 2 is 0.846 bits per heavy atom. The van der Waals surface area contributed by atoms with Gasteiger partial charge in [-0.25, -0.2) is 9.97 Å². The van der Waals surface area contributed by atoms with Gasteiger partial charge in [0.05, 0.1) is 45.6 Å². The SMILES string of the molecule is N=C1C(=N)C(c2cccc(-c3ccccn3)n2)=CC=C1c1cccc(-c2ccccn2)n1.Nc1ccccc1. The zero-order valence-corrected chi connectivity index (χ0v) is 21.0. The first-order chi connectivity index (χ1) is 19.1. The number of hydrogen-bond acceptors (Lipinski definition) is 7. The molecule has 0 saturated heterocycles. The Bertz CT molecular complexity index is 1570. The van der Waals surface area contributed by atoms with Gasteiger partial charge in [0.2, 0.25) is 0 Å². The van der Waals surface area contributed by atoms with Gasteiger partial charge in [-0.15, -0.1) is 0 Å². The highest BCUT2D eigenvalue weighted by atomic mass is 14.8. The predicted molar refractivity (Wildman–Crippen MR) is 157 cm³/mol. The van der Waals surface area contributed by atoms with Gasteiger partial charge in [-0.2, -0.15) is 0 Å². The monoisotopic (exact) mass is 507 g/mol. The van der Waals surface area contributed by atoms with Crippen LogP contribution in [-0.4, -0.2) is 31.4 Å². The van der Waals surface area contributed by atoms with Crippen molar-refractivity contribution < 1.29 is 0 Å². The van der Waals surface area contributed by atoms with Crippen LogP contribution in [0.4, 0.5) is 5.69 Å². The van der Waals surface area contributed by atoms with Crippen LogP contribution in [0.25, 0.3) is 33.9 Å². The summed E-state index contributed by atoms with van der Waals surface area (Å²) >= 11 is 0. The largest absolute Gasteiger partial charge is 0.399 e. The van der Waals surface area contributed by atoms with Crippen LogP contribution >= 0.6 is 0 Å². The van der Waals surface area contributed by atoms with Gasteiger partial charge in [0.15, 0.2) is 0 Å². The molecule has 0 radical (unpaired) electrons. The summed E-state index contributed by atoms with van der Waals surface area (Å²) in [6, 6.07) is 32.1. The summed E-state index contributed by atoms with van der Waals surface area (Å²) in [5.41, 5.74) is 11.8. The van der Waals surface area contributed by atoms with Crippen molar-refractivity contribution in [2.24, 2.45) is 0 Å². The van der Waals surface area contributed by atoms with Crippen LogP contribution in [0.2, 0.25) is 0 Å². The summed E-state index contributed by atoms with van der Waals surface area (Å²) in [6.45, 7) is 0. The second-order valence-corrected chi connectivity index (χ2v) is 8.57. The summed E-state index contributed by atoms with van der Waals surface area (Å²) in [5.74, 6) is 0. The van der Waals surface area contributed by atoms with Gasteiger partial charge in [0.25, 0.3) is 0 Å². The van der Waals surface area contributed by atoms with Crippen molar-refractivity contribution in [2.75, 3.05) is 5.73 Å². The lowest BCUT2D eigenvalue weighted by molar-refractivity contribution is 1.22. The minimum absolute atomic E-state index is 0.109. The third-order valence-electron chi connectivity index (χ3n) is 5.91. The Labute approximate surface area is 226 Å². The Morgan fingerprint density at radius 3 is 1.23 bits per heavy atom. The van der Waals surface area contributed by atoms with Crippen LogP contribution in [0.1, 0.15) is 11.4 Å². The molecule has 4 N–H and O–H groups in total. The number of aromatic nitrogens is 4. The van der Waals surface area contributed by atoms with E-state index in [1.807, 2.05) is 115 Å². The molecule has 0 atom stereocenters. The Morgan fingerprint density at radius 1 is 0.436 bits per heavy atom. The Hall–Kier alpha value is -5.56. The lowest BCUT2D eigenvalue weighted by Crippen LogP contribution is -2.20. The van der Waals surface area contributed by atoms with Crippen LogP contribution < -0.4 is 5.73 Å². The van der Waals surface area contributed by atoms with E-state index in [0.717, 1.165) is 28.5 Å². The molecule has 4 aromatic heterocycles. The van der Waals surface area contributed by atoms with Crippen molar-refractivity contribution in [3.63, 3.8) is 0 Å². The molecule has 0 amide bonds. The second kappa shape index (κ2) is 11.7. The average molecular weight is 508 g/mol. The number of nitrogens with one attached hydrogen (secondary N) is 2. The van der Waals surface area contributed by atoms with Crippen LogP contribution in [0.5, 0.6) is 0 Å². The minimum Gasteiger partial charge on any atom is -0.399 e. The molecule has 7 heteroatoms. The summed E-state index contributed by atoms with van der Waals surface area (Å²) in [4.78, 5) is 18.1. The van der Waals surface area contributed by atoms with Gasteiger partial charge in [-0.3, -0.25) is 20.8 Å². The van der Waals surface area contributed by atoms with Gasteiger partial charge in [0, 0.05) is 29.2 Å². The second-order valence-electron chi connectivity index (χ2n) is 8.57. The van der Waals surface area contributed by atoms with Crippen molar-refractivity contribution in [3.05, 3.63) is 139 Å². The first kappa shape index (κ1) is 25.1. The van der Waals surface area contributed by atoms with E-state index < -0.39 is 0 Å². The standard InChI is InChI=1S/C26H18N6.C6H7N/c27-25-17(19-9-5-11-23(31-19)21-7-1-3-15-29-21)13-14-18(26(25)28)20-10-6-12-24(32-20)22-8-2-4-16-30-22;7-6-4-2-1-3-5-6/h1-16,27-28H;1-5H,7H2. The lowest BCUT2D eigenvalue weighted by atomic mass is 9.90. The van der Waals surface area contributed by atoms with Gasteiger partial charge < -0.3 is 5.73 Å². The van der Waals surface area contributed by atoms with E-state index in [0.29, 0.717) is 22.5 Å². The molecule has 7 nitrogen and oxygen atoms in total. The highest BCUT2D eigenvalue weighted by Crippen LogP contribution is 2.28. The van der Waals surface area contributed by atoms with E-state index >= 15 is 0 Å². The molecule has 1 aliphatic rings. The molecule has 0 fully saturated rings. The van der Waals surface area contributed by atoms with E-state index in [-0.39, 0.29) is 11.4 Å². The number of nitrogen functional groups attached to an aromatic ring is 1. The van der Waals surface area contributed by atoms with Crippen molar-refractivity contribution in [3.8, 4) is 22.8 Å². The smallest absolute Gasteiger partial charge is 0.0893 e. The number of allylic oxidation sites excluding steroid dienone is 4. The molecule has 4 heterocycles. The van der Waals surface area contributed by atoms with Crippen molar-refractivity contribution in [1.29, 1.82) is 10.8 Å². The third kappa shape index (κ3) is 5.89. The van der Waals surface area contributed by atoms with Crippen LogP contribution in [-0.2, 0) is 0 Å². The summed E-state index contributed by atoms with van der Waals surface area (Å²) in [5, 5.41) is 17.3. The van der Waals surface area contributed by atoms with E-state index in [9.17, 15) is 0 Å². The summed E-state index contributed by atoms with van der Waals surface area (Å²) < 4.78 is 0.